The lowest BCUT2D eigenvalue weighted by Gasteiger charge is -2.15. The van der Waals surface area contributed by atoms with Crippen molar-refractivity contribution >= 4 is 5.97 Å². The minimum Gasteiger partial charge on any atom is -0.507 e. The largest absolute Gasteiger partial charge is 0.507 e. The lowest BCUT2D eigenvalue weighted by Crippen LogP contribution is -2.13. The highest BCUT2D eigenvalue weighted by molar-refractivity contribution is 5.66. The summed E-state index contributed by atoms with van der Waals surface area (Å²) in [5.41, 5.74) is 8.24. The van der Waals surface area contributed by atoms with Gasteiger partial charge in [-0.05, 0) is 31.4 Å². The smallest absolute Gasteiger partial charge is 0.303 e. The number of carbonyl (C=O) groups is 1. The number of rotatable bonds is 4. The molecule has 0 saturated carbocycles. The van der Waals surface area contributed by atoms with Crippen LogP contribution in [0.2, 0.25) is 0 Å². The molecule has 1 atom stereocenters. The van der Waals surface area contributed by atoms with Gasteiger partial charge in [0.05, 0.1) is 0 Å². The van der Waals surface area contributed by atoms with E-state index in [1.807, 2.05) is 19.9 Å². The minimum atomic E-state index is -0.876. The molecule has 0 bridgehead atoms. The highest BCUT2D eigenvalue weighted by Crippen LogP contribution is 2.30. The van der Waals surface area contributed by atoms with Gasteiger partial charge in [0.15, 0.2) is 0 Å². The van der Waals surface area contributed by atoms with Crippen LogP contribution in [0.5, 0.6) is 5.75 Å². The van der Waals surface area contributed by atoms with Gasteiger partial charge in [0, 0.05) is 18.0 Å². The van der Waals surface area contributed by atoms with Crippen LogP contribution in [0.15, 0.2) is 12.1 Å². The standard InChI is InChI=1S/C12H17NO3/c1-7-3-4-9(12(16)8(7)2)10(13)5-6-11(14)15/h3-4,10,16H,5-6,13H2,1-2H3,(H,14,15). The Labute approximate surface area is 94.7 Å². The van der Waals surface area contributed by atoms with Crippen LogP contribution in [-0.4, -0.2) is 16.2 Å². The number of hydrogen-bond donors (Lipinski definition) is 3. The second kappa shape index (κ2) is 4.99. The molecule has 88 valence electrons. The van der Waals surface area contributed by atoms with Crippen LogP contribution in [0.1, 0.15) is 35.6 Å². The normalized spacial score (nSPS) is 12.4. The van der Waals surface area contributed by atoms with Gasteiger partial charge < -0.3 is 15.9 Å². The first kappa shape index (κ1) is 12.5. The molecule has 0 aliphatic heterocycles. The van der Waals surface area contributed by atoms with Crippen molar-refractivity contribution in [1.82, 2.24) is 0 Å². The Balaban J connectivity index is 2.87. The highest BCUT2D eigenvalue weighted by Gasteiger charge is 2.14. The zero-order valence-electron chi connectivity index (χ0n) is 9.53. The van der Waals surface area contributed by atoms with Crippen LogP contribution in [0.3, 0.4) is 0 Å². The number of carboxylic acid groups (broad SMARTS) is 1. The maximum Gasteiger partial charge on any atom is 0.303 e. The Morgan fingerprint density at radius 2 is 2.06 bits per heavy atom. The maximum atomic E-state index is 10.4. The molecule has 0 amide bonds. The van der Waals surface area contributed by atoms with E-state index in [-0.39, 0.29) is 12.2 Å². The molecule has 1 aromatic carbocycles. The molecule has 0 aromatic heterocycles. The molecular weight excluding hydrogens is 206 g/mol. The van der Waals surface area contributed by atoms with Gasteiger partial charge in [0.2, 0.25) is 0 Å². The fraction of sp³-hybridized carbons (Fsp3) is 0.417. The molecule has 1 unspecified atom stereocenters. The van der Waals surface area contributed by atoms with Crippen LogP contribution in [0.25, 0.3) is 0 Å². The van der Waals surface area contributed by atoms with Gasteiger partial charge in [-0.3, -0.25) is 4.79 Å². The van der Waals surface area contributed by atoms with Crippen LogP contribution < -0.4 is 5.73 Å². The lowest BCUT2D eigenvalue weighted by atomic mass is 9.97. The van der Waals surface area contributed by atoms with Crippen molar-refractivity contribution in [1.29, 1.82) is 0 Å². The third-order valence-electron chi connectivity index (χ3n) is 2.80. The lowest BCUT2D eigenvalue weighted by molar-refractivity contribution is -0.137. The molecule has 0 aliphatic rings. The van der Waals surface area contributed by atoms with Crippen LogP contribution in [0, 0.1) is 13.8 Å². The van der Waals surface area contributed by atoms with E-state index >= 15 is 0 Å². The summed E-state index contributed by atoms with van der Waals surface area (Å²) in [6, 6.07) is 3.20. The highest BCUT2D eigenvalue weighted by atomic mass is 16.4. The van der Waals surface area contributed by atoms with E-state index in [0.717, 1.165) is 11.1 Å². The Bertz CT molecular complexity index is 401. The van der Waals surface area contributed by atoms with Crippen molar-refractivity contribution in [3.63, 3.8) is 0 Å². The maximum absolute atomic E-state index is 10.4. The molecule has 4 heteroatoms. The van der Waals surface area contributed by atoms with Gasteiger partial charge in [0.25, 0.3) is 0 Å². The molecule has 0 saturated heterocycles. The van der Waals surface area contributed by atoms with E-state index in [1.54, 1.807) is 6.07 Å². The van der Waals surface area contributed by atoms with Gasteiger partial charge in [-0.2, -0.15) is 0 Å². The number of hydrogen-bond acceptors (Lipinski definition) is 3. The summed E-state index contributed by atoms with van der Waals surface area (Å²) in [5.74, 6) is -0.698. The number of benzene rings is 1. The molecule has 4 nitrogen and oxygen atoms in total. The zero-order chi connectivity index (χ0) is 12.3. The van der Waals surface area contributed by atoms with Gasteiger partial charge in [-0.25, -0.2) is 0 Å². The van der Waals surface area contributed by atoms with Gasteiger partial charge >= 0.3 is 5.97 Å². The Hall–Kier alpha value is -1.55. The summed E-state index contributed by atoms with van der Waals surface area (Å²) in [4.78, 5) is 10.4. The molecule has 16 heavy (non-hydrogen) atoms. The van der Waals surface area contributed by atoms with Crippen molar-refractivity contribution in [2.75, 3.05) is 0 Å². The van der Waals surface area contributed by atoms with Crippen LogP contribution >= 0.6 is 0 Å². The van der Waals surface area contributed by atoms with E-state index in [2.05, 4.69) is 0 Å². The number of carboxylic acids is 1. The molecule has 0 radical (unpaired) electrons. The predicted octanol–water partition coefficient (Wildman–Crippen LogP) is 1.87. The molecule has 1 rings (SSSR count). The number of aromatic hydroxyl groups is 1. The Morgan fingerprint density at radius 3 is 2.62 bits per heavy atom. The monoisotopic (exact) mass is 223 g/mol. The van der Waals surface area contributed by atoms with Gasteiger partial charge in [0.1, 0.15) is 5.75 Å². The average molecular weight is 223 g/mol. The number of aliphatic carboxylic acids is 1. The summed E-state index contributed by atoms with van der Waals surface area (Å²) >= 11 is 0. The Kier molecular flexibility index (Phi) is 3.90. The molecule has 0 heterocycles. The minimum absolute atomic E-state index is 0.00747. The Morgan fingerprint density at radius 1 is 1.44 bits per heavy atom. The predicted molar refractivity (Wildman–Crippen MR) is 61.4 cm³/mol. The second-order valence-corrected chi connectivity index (χ2v) is 3.98. The molecule has 0 aliphatic carbocycles. The third kappa shape index (κ3) is 2.73. The molecule has 0 spiro atoms. The molecular formula is C12H17NO3. The fourth-order valence-electron chi connectivity index (χ4n) is 1.56. The van der Waals surface area contributed by atoms with Gasteiger partial charge in [-0.15, -0.1) is 0 Å². The fourth-order valence-corrected chi connectivity index (χ4v) is 1.56. The topological polar surface area (TPSA) is 83.6 Å². The van der Waals surface area contributed by atoms with Crippen molar-refractivity contribution in [2.45, 2.75) is 32.7 Å². The SMILES string of the molecule is Cc1ccc(C(N)CCC(=O)O)c(O)c1C. The van der Waals surface area contributed by atoms with E-state index in [0.29, 0.717) is 12.0 Å². The summed E-state index contributed by atoms with van der Waals surface area (Å²) in [7, 11) is 0. The van der Waals surface area contributed by atoms with E-state index in [4.69, 9.17) is 10.8 Å². The van der Waals surface area contributed by atoms with Crippen molar-refractivity contribution in [2.24, 2.45) is 5.73 Å². The number of phenols is 1. The first-order chi connectivity index (χ1) is 7.43. The van der Waals surface area contributed by atoms with Crippen molar-refractivity contribution < 1.29 is 15.0 Å². The summed E-state index contributed by atoms with van der Waals surface area (Å²) in [5, 5.41) is 18.4. The third-order valence-corrected chi connectivity index (χ3v) is 2.80. The zero-order valence-corrected chi connectivity index (χ0v) is 9.53. The molecule has 0 fully saturated rings. The van der Waals surface area contributed by atoms with Crippen molar-refractivity contribution in [3.05, 3.63) is 28.8 Å². The quantitative estimate of drug-likeness (QED) is 0.727. The molecule has 4 N–H and O–H groups in total. The van der Waals surface area contributed by atoms with Crippen LogP contribution in [-0.2, 0) is 4.79 Å². The number of nitrogens with two attached hydrogens (primary N) is 1. The second-order valence-electron chi connectivity index (χ2n) is 3.98. The van der Waals surface area contributed by atoms with E-state index in [9.17, 15) is 9.90 Å². The van der Waals surface area contributed by atoms with E-state index in [1.165, 1.54) is 0 Å². The van der Waals surface area contributed by atoms with Gasteiger partial charge in [-0.1, -0.05) is 12.1 Å². The van der Waals surface area contributed by atoms with E-state index < -0.39 is 12.0 Å². The number of aryl methyl sites for hydroxylation is 1. The molecule has 1 aromatic rings. The summed E-state index contributed by atoms with van der Waals surface area (Å²) in [6.45, 7) is 3.72. The van der Waals surface area contributed by atoms with Crippen LogP contribution in [0.4, 0.5) is 0 Å². The summed E-state index contributed by atoms with van der Waals surface area (Å²) < 4.78 is 0. The van der Waals surface area contributed by atoms with Crippen molar-refractivity contribution in [3.8, 4) is 5.75 Å². The number of phenolic OH excluding ortho intramolecular Hbond substituents is 1. The first-order valence-corrected chi connectivity index (χ1v) is 5.20. The average Bonchev–Trinajstić information content (AvgIpc) is 2.23. The summed E-state index contributed by atoms with van der Waals surface area (Å²) in [6.07, 6.45) is 0.332. The first-order valence-electron chi connectivity index (χ1n) is 5.20.